The average molecular weight is 505 g/mol. The molecule has 3 rings (SSSR count). The van der Waals surface area contributed by atoms with Crippen molar-refractivity contribution in [2.45, 2.75) is 27.5 Å². The first-order valence-corrected chi connectivity index (χ1v) is 14.3. The van der Waals surface area contributed by atoms with E-state index >= 15 is 0 Å². The zero-order valence-electron chi connectivity index (χ0n) is 17.7. The standard InChI is InChI=1S/C20H25FN2O6S3/c1-29-16-7-8-19(20(13-16)31(25,26)18-6-4-3-5-17(18)21)32(27,28)23-11-9-15(10-12-23)14-22-30(2)24/h3-8,13,15,22H,9-12,14H2,1-2H3. The fourth-order valence-corrected chi connectivity index (χ4v) is 7.61. The second kappa shape index (κ2) is 9.96. The van der Waals surface area contributed by atoms with Crippen LogP contribution >= 0.6 is 0 Å². The molecule has 2 aromatic carbocycles. The van der Waals surface area contributed by atoms with Crippen molar-refractivity contribution >= 4 is 30.8 Å². The van der Waals surface area contributed by atoms with E-state index in [1.807, 2.05) is 0 Å². The van der Waals surface area contributed by atoms with Crippen molar-refractivity contribution in [2.24, 2.45) is 5.92 Å². The summed E-state index contributed by atoms with van der Waals surface area (Å²) in [5.41, 5.74) is 0. The maximum atomic E-state index is 14.3. The summed E-state index contributed by atoms with van der Waals surface area (Å²) in [6, 6.07) is 8.45. The Labute approximate surface area is 190 Å². The number of halogens is 1. The molecule has 0 radical (unpaired) electrons. The molecule has 0 amide bonds. The van der Waals surface area contributed by atoms with Gasteiger partial charge in [0.25, 0.3) is 0 Å². The molecular formula is C20H25FN2O6S3. The quantitative estimate of drug-likeness (QED) is 0.589. The van der Waals surface area contributed by atoms with E-state index in [4.69, 9.17) is 4.74 Å². The minimum atomic E-state index is -4.49. The lowest BCUT2D eigenvalue weighted by atomic mass is 9.99. The number of methoxy groups -OCH3 is 1. The van der Waals surface area contributed by atoms with Crippen LogP contribution in [0, 0.1) is 11.7 Å². The number of hydrogen-bond donors (Lipinski definition) is 1. The maximum Gasteiger partial charge on any atom is 0.244 e. The van der Waals surface area contributed by atoms with Gasteiger partial charge in [-0.3, -0.25) is 0 Å². The summed E-state index contributed by atoms with van der Waals surface area (Å²) < 4.78 is 88.0. The van der Waals surface area contributed by atoms with Gasteiger partial charge in [-0.25, -0.2) is 30.2 Å². The largest absolute Gasteiger partial charge is 0.497 e. The smallest absolute Gasteiger partial charge is 0.244 e. The number of sulfonamides is 1. The number of hydrogen-bond acceptors (Lipinski definition) is 6. The molecule has 0 aromatic heterocycles. The lowest BCUT2D eigenvalue weighted by Crippen LogP contribution is -2.41. The fraction of sp³-hybridized carbons (Fsp3) is 0.400. The second-order valence-electron chi connectivity index (χ2n) is 7.40. The molecule has 0 aliphatic carbocycles. The van der Waals surface area contributed by atoms with Gasteiger partial charge in [-0.2, -0.15) is 4.31 Å². The Hall–Kier alpha value is -1.86. The number of nitrogens with zero attached hydrogens (tertiary/aromatic N) is 1. The fourth-order valence-electron chi connectivity index (χ4n) is 3.55. The molecule has 176 valence electrons. The molecule has 8 nitrogen and oxygen atoms in total. The van der Waals surface area contributed by atoms with E-state index in [-0.39, 0.29) is 24.8 Å². The van der Waals surface area contributed by atoms with Crippen LogP contribution in [0.5, 0.6) is 5.75 Å². The van der Waals surface area contributed by atoms with Crippen LogP contribution in [-0.2, 0) is 30.8 Å². The lowest BCUT2D eigenvalue weighted by Gasteiger charge is -2.31. The number of sulfone groups is 1. The number of ether oxygens (including phenoxy) is 1. The molecule has 0 bridgehead atoms. The van der Waals surface area contributed by atoms with Crippen molar-refractivity contribution in [3.63, 3.8) is 0 Å². The molecule has 0 spiro atoms. The third-order valence-electron chi connectivity index (χ3n) is 5.33. The first-order valence-electron chi connectivity index (χ1n) is 9.82. The van der Waals surface area contributed by atoms with Crippen LogP contribution in [0.1, 0.15) is 12.8 Å². The second-order valence-corrected chi connectivity index (χ2v) is 12.4. The molecule has 1 fully saturated rings. The monoisotopic (exact) mass is 504 g/mol. The van der Waals surface area contributed by atoms with Crippen molar-refractivity contribution < 1.29 is 30.2 Å². The summed E-state index contributed by atoms with van der Waals surface area (Å²) >= 11 is 0. The van der Waals surface area contributed by atoms with Crippen molar-refractivity contribution in [2.75, 3.05) is 33.0 Å². The van der Waals surface area contributed by atoms with Gasteiger partial charge in [-0.15, -0.1) is 0 Å². The Kier molecular flexibility index (Phi) is 7.71. The van der Waals surface area contributed by atoms with Gasteiger partial charge in [0.1, 0.15) is 21.4 Å². The van der Waals surface area contributed by atoms with Gasteiger partial charge >= 0.3 is 0 Å². The van der Waals surface area contributed by atoms with E-state index < -0.39 is 51.3 Å². The molecule has 1 aliphatic heterocycles. The van der Waals surface area contributed by atoms with Gasteiger partial charge in [0.2, 0.25) is 19.9 Å². The van der Waals surface area contributed by atoms with Crippen molar-refractivity contribution in [3.8, 4) is 5.75 Å². The number of rotatable bonds is 8. The number of piperidine rings is 1. The summed E-state index contributed by atoms with van der Waals surface area (Å²) in [6.07, 6.45) is 2.60. The minimum absolute atomic E-state index is 0.135. The summed E-state index contributed by atoms with van der Waals surface area (Å²) in [4.78, 5) is -1.57. The topological polar surface area (TPSA) is 110 Å². The third-order valence-corrected chi connectivity index (χ3v) is 9.82. The van der Waals surface area contributed by atoms with Crippen molar-refractivity contribution in [1.29, 1.82) is 0 Å². The highest BCUT2D eigenvalue weighted by molar-refractivity contribution is 7.93. The van der Waals surface area contributed by atoms with Gasteiger partial charge in [0.15, 0.2) is 0 Å². The van der Waals surface area contributed by atoms with Crippen LogP contribution in [0.25, 0.3) is 0 Å². The van der Waals surface area contributed by atoms with E-state index in [0.717, 1.165) is 18.2 Å². The first-order chi connectivity index (χ1) is 15.1. The molecule has 1 unspecified atom stereocenters. The Morgan fingerprint density at radius 1 is 1.06 bits per heavy atom. The first kappa shape index (κ1) is 24.8. The Morgan fingerprint density at radius 3 is 2.31 bits per heavy atom. The summed E-state index contributed by atoms with van der Waals surface area (Å²) in [7, 11) is -8.49. The SMILES string of the molecule is COc1ccc(S(=O)(=O)N2CCC(CNS(C)=O)CC2)c(S(=O)(=O)c2ccccc2F)c1. The molecule has 1 N–H and O–H groups in total. The summed E-state index contributed by atoms with van der Waals surface area (Å²) in [5.74, 6) is -0.681. The van der Waals surface area contributed by atoms with Gasteiger partial charge in [-0.1, -0.05) is 12.1 Å². The maximum absolute atomic E-state index is 14.3. The number of nitrogens with one attached hydrogen (secondary N) is 1. The van der Waals surface area contributed by atoms with E-state index in [1.54, 1.807) is 0 Å². The molecule has 1 atom stereocenters. The van der Waals surface area contributed by atoms with Crippen LogP contribution < -0.4 is 9.46 Å². The van der Waals surface area contributed by atoms with Crippen molar-refractivity contribution in [1.82, 2.24) is 9.03 Å². The van der Waals surface area contributed by atoms with Gasteiger partial charge in [-0.05, 0) is 43.0 Å². The third kappa shape index (κ3) is 5.20. The normalized spacial score (nSPS) is 17.2. The highest BCUT2D eigenvalue weighted by atomic mass is 32.2. The van der Waals surface area contributed by atoms with Crippen LogP contribution in [0.2, 0.25) is 0 Å². The minimum Gasteiger partial charge on any atom is -0.497 e. The van der Waals surface area contributed by atoms with Crippen LogP contribution in [0.3, 0.4) is 0 Å². The Morgan fingerprint density at radius 2 is 1.72 bits per heavy atom. The van der Waals surface area contributed by atoms with Crippen molar-refractivity contribution in [3.05, 3.63) is 48.3 Å². The number of benzene rings is 2. The zero-order valence-corrected chi connectivity index (χ0v) is 20.1. The highest BCUT2D eigenvalue weighted by Crippen LogP contribution is 2.34. The Bertz CT molecular complexity index is 1210. The molecule has 32 heavy (non-hydrogen) atoms. The van der Waals surface area contributed by atoms with Gasteiger partial charge in [0.05, 0.1) is 23.0 Å². The molecule has 2 aromatic rings. The van der Waals surface area contributed by atoms with Crippen LogP contribution in [-0.4, -0.2) is 58.3 Å². The van der Waals surface area contributed by atoms with E-state index in [0.29, 0.717) is 19.4 Å². The van der Waals surface area contributed by atoms with Gasteiger partial charge in [0, 0.05) is 32.0 Å². The summed E-state index contributed by atoms with van der Waals surface area (Å²) in [6.45, 7) is 0.888. The van der Waals surface area contributed by atoms with Gasteiger partial charge < -0.3 is 4.74 Å². The predicted octanol–water partition coefficient (Wildman–Crippen LogP) is 1.95. The average Bonchev–Trinajstić information content (AvgIpc) is 2.77. The molecule has 1 saturated heterocycles. The molecule has 12 heteroatoms. The summed E-state index contributed by atoms with van der Waals surface area (Å²) in [5, 5.41) is 0. The highest BCUT2D eigenvalue weighted by Gasteiger charge is 2.35. The molecular weight excluding hydrogens is 479 g/mol. The predicted molar refractivity (Wildman–Crippen MR) is 118 cm³/mol. The van der Waals surface area contributed by atoms with E-state index in [1.165, 1.54) is 41.9 Å². The lowest BCUT2D eigenvalue weighted by molar-refractivity contribution is 0.274. The molecule has 0 saturated carbocycles. The molecule has 1 aliphatic rings. The molecule has 1 heterocycles. The van der Waals surface area contributed by atoms with Crippen LogP contribution in [0.4, 0.5) is 4.39 Å². The Balaban J connectivity index is 1.98. The van der Waals surface area contributed by atoms with E-state index in [9.17, 15) is 25.4 Å². The van der Waals surface area contributed by atoms with E-state index in [2.05, 4.69) is 4.72 Å². The van der Waals surface area contributed by atoms with Crippen LogP contribution in [0.15, 0.2) is 57.2 Å². The zero-order chi connectivity index (χ0) is 23.5.